The van der Waals surface area contributed by atoms with E-state index in [1.807, 2.05) is 6.07 Å². The van der Waals surface area contributed by atoms with E-state index in [0.717, 1.165) is 18.4 Å². The molecule has 26 heavy (non-hydrogen) atoms. The van der Waals surface area contributed by atoms with Gasteiger partial charge < -0.3 is 0 Å². The summed E-state index contributed by atoms with van der Waals surface area (Å²) in [5, 5.41) is 1.59. The minimum atomic E-state index is -0.289. The molecule has 0 aromatic heterocycles. The molecule has 0 saturated heterocycles. The number of hydrogen-bond donors (Lipinski definition) is 0. The van der Waals surface area contributed by atoms with Gasteiger partial charge in [-0.15, -0.1) is 0 Å². The third kappa shape index (κ3) is 2.86. The van der Waals surface area contributed by atoms with Crippen LogP contribution in [-0.4, -0.2) is 36.4 Å². The highest BCUT2D eigenvalue weighted by molar-refractivity contribution is 6.21. The van der Waals surface area contributed by atoms with Crippen LogP contribution in [-0.2, 0) is 11.3 Å². The molecular weight excluding hydrogens is 335 g/mol. The lowest BCUT2D eigenvalue weighted by atomic mass is 10.0. The van der Waals surface area contributed by atoms with E-state index in [9.17, 15) is 14.0 Å². The highest BCUT2D eigenvalue weighted by atomic mass is 19.1. The third-order valence-electron chi connectivity index (χ3n) is 4.78. The number of hydroxylamine groups is 1. The number of amides is 2. The average molecular weight is 354 g/mol. The van der Waals surface area contributed by atoms with Gasteiger partial charge in [-0.25, -0.2) is 4.39 Å². The van der Waals surface area contributed by atoms with E-state index in [-0.39, 0.29) is 24.2 Å². The van der Waals surface area contributed by atoms with Gasteiger partial charge in [0.1, 0.15) is 11.5 Å². The standard InChI is InChI=1S/C20H19FN2O3/c21-17-10-3-6-14-7-4-12-23(18(14)17)26-13-5-11-22-19(24)15-8-1-2-9-16(15)20(22)25/h1-3,6,8-10H,4-5,7,11-13H2. The molecule has 0 N–H and O–H groups in total. The smallest absolute Gasteiger partial charge is 0.261 e. The van der Waals surface area contributed by atoms with Crippen molar-refractivity contribution in [1.82, 2.24) is 4.90 Å². The van der Waals surface area contributed by atoms with Gasteiger partial charge in [0.2, 0.25) is 0 Å². The fraction of sp³-hybridized carbons (Fsp3) is 0.300. The van der Waals surface area contributed by atoms with Gasteiger partial charge in [0.25, 0.3) is 11.8 Å². The summed E-state index contributed by atoms with van der Waals surface area (Å²) in [6, 6.07) is 11.9. The van der Waals surface area contributed by atoms with Crippen LogP contribution in [0.5, 0.6) is 0 Å². The molecule has 0 atom stereocenters. The number of carbonyl (C=O) groups is 2. The Balaban J connectivity index is 1.35. The summed E-state index contributed by atoms with van der Waals surface area (Å²) in [5.74, 6) is -0.817. The second kappa shape index (κ2) is 6.88. The summed E-state index contributed by atoms with van der Waals surface area (Å²) in [5.41, 5.74) is 2.34. The predicted molar refractivity (Wildman–Crippen MR) is 94.4 cm³/mol. The first-order valence-electron chi connectivity index (χ1n) is 8.80. The summed E-state index contributed by atoms with van der Waals surface area (Å²) >= 11 is 0. The van der Waals surface area contributed by atoms with Crippen molar-refractivity contribution < 1.29 is 18.8 Å². The second-order valence-electron chi connectivity index (χ2n) is 6.45. The van der Waals surface area contributed by atoms with Crippen LogP contribution < -0.4 is 5.06 Å². The molecule has 0 fully saturated rings. The number of hydrogen-bond acceptors (Lipinski definition) is 4. The first-order valence-corrected chi connectivity index (χ1v) is 8.80. The van der Waals surface area contributed by atoms with Gasteiger partial charge in [0, 0.05) is 13.1 Å². The van der Waals surface area contributed by atoms with E-state index in [2.05, 4.69) is 0 Å². The number of para-hydroxylation sites is 1. The number of benzene rings is 2. The van der Waals surface area contributed by atoms with E-state index >= 15 is 0 Å². The Morgan fingerprint density at radius 2 is 1.73 bits per heavy atom. The summed E-state index contributed by atoms with van der Waals surface area (Å²) in [4.78, 5) is 31.6. The summed E-state index contributed by atoms with van der Waals surface area (Å²) in [6.07, 6.45) is 2.22. The van der Waals surface area contributed by atoms with E-state index in [1.165, 1.54) is 11.0 Å². The number of anilines is 1. The maximum Gasteiger partial charge on any atom is 0.261 e. The Kier molecular flexibility index (Phi) is 4.42. The molecule has 0 radical (unpaired) electrons. The molecule has 2 amide bonds. The highest BCUT2D eigenvalue weighted by Crippen LogP contribution is 2.30. The van der Waals surface area contributed by atoms with Crippen LogP contribution in [0.25, 0.3) is 0 Å². The number of imide groups is 1. The van der Waals surface area contributed by atoms with E-state index in [4.69, 9.17) is 4.84 Å². The SMILES string of the molecule is O=C1c2ccccc2C(=O)N1CCCON1CCCc2cccc(F)c21. The number of halogens is 1. The second-order valence-corrected chi connectivity index (χ2v) is 6.45. The van der Waals surface area contributed by atoms with Crippen LogP contribution >= 0.6 is 0 Å². The Morgan fingerprint density at radius 1 is 1.00 bits per heavy atom. The monoisotopic (exact) mass is 354 g/mol. The Labute approximate surface area is 150 Å². The van der Waals surface area contributed by atoms with Crippen LogP contribution in [0.15, 0.2) is 42.5 Å². The molecule has 134 valence electrons. The minimum Gasteiger partial charge on any atom is -0.274 e. The molecule has 0 bridgehead atoms. The zero-order chi connectivity index (χ0) is 18.1. The number of nitrogens with zero attached hydrogens (tertiary/aromatic N) is 2. The van der Waals surface area contributed by atoms with Crippen molar-refractivity contribution in [2.24, 2.45) is 0 Å². The number of aryl methyl sites for hydroxylation is 1. The predicted octanol–water partition coefficient (Wildman–Crippen LogP) is 3.20. The zero-order valence-corrected chi connectivity index (χ0v) is 14.3. The van der Waals surface area contributed by atoms with Gasteiger partial charge in [-0.1, -0.05) is 24.3 Å². The van der Waals surface area contributed by atoms with Gasteiger partial charge in [-0.2, -0.15) is 0 Å². The molecule has 0 unspecified atom stereocenters. The molecule has 2 aromatic carbocycles. The first-order chi connectivity index (χ1) is 12.7. The lowest BCUT2D eigenvalue weighted by Gasteiger charge is -2.30. The summed E-state index contributed by atoms with van der Waals surface area (Å²) in [7, 11) is 0. The molecule has 0 spiro atoms. The van der Waals surface area contributed by atoms with Gasteiger partial charge in [0.15, 0.2) is 0 Å². The summed E-state index contributed by atoms with van der Waals surface area (Å²) < 4.78 is 14.1. The van der Waals surface area contributed by atoms with Gasteiger partial charge in [-0.3, -0.25) is 24.4 Å². The quantitative estimate of drug-likeness (QED) is 0.611. The zero-order valence-electron chi connectivity index (χ0n) is 14.3. The molecule has 0 saturated carbocycles. The molecule has 6 heteroatoms. The van der Waals surface area contributed by atoms with E-state index in [1.54, 1.807) is 35.4 Å². The minimum absolute atomic E-state index is 0.264. The average Bonchev–Trinajstić information content (AvgIpc) is 2.90. The Hall–Kier alpha value is -2.73. The Morgan fingerprint density at radius 3 is 2.46 bits per heavy atom. The van der Waals surface area contributed by atoms with Gasteiger partial charge in [0.05, 0.1) is 17.7 Å². The first kappa shape index (κ1) is 16.7. The fourth-order valence-corrected chi connectivity index (χ4v) is 3.53. The normalized spacial score (nSPS) is 16.0. The summed E-state index contributed by atoms with van der Waals surface area (Å²) in [6.45, 7) is 1.21. The maximum absolute atomic E-state index is 14.1. The fourth-order valence-electron chi connectivity index (χ4n) is 3.53. The topological polar surface area (TPSA) is 49.9 Å². The lowest BCUT2D eigenvalue weighted by Crippen LogP contribution is -2.34. The molecule has 2 aliphatic rings. The van der Waals surface area contributed by atoms with Crippen molar-refractivity contribution >= 4 is 17.5 Å². The molecule has 2 aromatic rings. The van der Waals surface area contributed by atoms with Crippen LogP contribution in [0.2, 0.25) is 0 Å². The molecule has 2 aliphatic heterocycles. The molecule has 2 heterocycles. The van der Waals surface area contributed by atoms with Crippen molar-refractivity contribution in [3.8, 4) is 0 Å². The molecule has 0 aliphatic carbocycles. The van der Waals surface area contributed by atoms with Crippen molar-refractivity contribution in [1.29, 1.82) is 0 Å². The van der Waals surface area contributed by atoms with Crippen LogP contribution in [0, 0.1) is 5.82 Å². The lowest BCUT2D eigenvalue weighted by molar-refractivity contribution is 0.0608. The molecular formula is C20H19FN2O3. The molecule has 4 rings (SSSR count). The largest absolute Gasteiger partial charge is 0.274 e. The van der Waals surface area contributed by atoms with Gasteiger partial charge >= 0.3 is 0 Å². The van der Waals surface area contributed by atoms with Crippen LogP contribution in [0.3, 0.4) is 0 Å². The number of fused-ring (bicyclic) bond motifs is 2. The van der Waals surface area contributed by atoms with Crippen LogP contribution in [0.1, 0.15) is 39.1 Å². The Bertz CT molecular complexity index is 833. The van der Waals surface area contributed by atoms with Crippen LogP contribution in [0.4, 0.5) is 10.1 Å². The van der Waals surface area contributed by atoms with Crippen molar-refractivity contribution in [3.05, 3.63) is 65.0 Å². The van der Waals surface area contributed by atoms with Crippen molar-refractivity contribution in [3.63, 3.8) is 0 Å². The molecule has 5 nitrogen and oxygen atoms in total. The van der Waals surface area contributed by atoms with Gasteiger partial charge in [-0.05, 0) is 43.0 Å². The van der Waals surface area contributed by atoms with E-state index < -0.39 is 0 Å². The van der Waals surface area contributed by atoms with Crippen molar-refractivity contribution in [2.75, 3.05) is 24.8 Å². The highest BCUT2D eigenvalue weighted by Gasteiger charge is 2.34. The maximum atomic E-state index is 14.1. The van der Waals surface area contributed by atoms with E-state index in [0.29, 0.717) is 36.4 Å². The number of rotatable bonds is 5. The third-order valence-corrected chi connectivity index (χ3v) is 4.78. The number of carbonyl (C=O) groups excluding carboxylic acids is 2. The van der Waals surface area contributed by atoms with Crippen molar-refractivity contribution in [2.45, 2.75) is 19.3 Å².